The highest BCUT2D eigenvalue weighted by molar-refractivity contribution is 5.95. The maximum absolute atomic E-state index is 11.8. The summed E-state index contributed by atoms with van der Waals surface area (Å²) in [4.78, 5) is 42.3. The van der Waals surface area contributed by atoms with E-state index in [-0.39, 0.29) is 17.7 Å². The van der Waals surface area contributed by atoms with Gasteiger partial charge in [-0.25, -0.2) is 9.78 Å². The predicted octanol–water partition coefficient (Wildman–Crippen LogP) is 0.602. The normalized spacial score (nSPS) is 12.3. The predicted molar refractivity (Wildman–Crippen MR) is 82.6 cm³/mol. The van der Waals surface area contributed by atoms with Crippen molar-refractivity contribution in [3.63, 3.8) is 0 Å². The molecule has 1 rings (SSSR count). The zero-order valence-electron chi connectivity index (χ0n) is 13.5. The SMILES string of the molecule is CC(C)(C)CCC(NC(=O)CNC(=O)c1cnccn1)C(=O)O. The van der Waals surface area contributed by atoms with Gasteiger partial charge < -0.3 is 15.7 Å². The monoisotopic (exact) mass is 322 g/mol. The van der Waals surface area contributed by atoms with Gasteiger partial charge in [0.05, 0.1) is 12.7 Å². The fourth-order valence-electron chi connectivity index (χ4n) is 1.75. The number of carbonyl (C=O) groups is 3. The number of nitrogens with zero attached hydrogens (tertiary/aromatic N) is 2. The number of carboxylic acids is 1. The molecule has 1 atom stereocenters. The van der Waals surface area contributed by atoms with E-state index in [1.807, 2.05) is 20.8 Å². The molecule has 1 aromatic rings. The van der Waals surface area contributed by atoms with Gasteiger partial charge in [-0.3, -0.25) is 14.6 Å². The first kappa shape index (κ1) is 18.5. The molecule has 0 aliphatic carbocycles. The summed E-state index contributed by atoms with van der Waals surface area (Å²) in [5, 5.41) is 13.9. The van der Waals surface area contributed by atoms with Gasteiger partial charge in [0.15, 0.2) is 0 Å². The molecule has 1 heterocycles. The molecular formula is C15H22N4O4. The smallest absolute Gasteiger partial charge is 0.326 e. The Kier molecular flexibility index (Phi) is 6.62. The van der Waals surface area contributed by atoms with Crippen LogP contribution in [0.5, 0.6) is 0 Å². The van der Waals surface area contributed by atoms with Gasteiger partial charge in [0.2, 0.25) is 5.91 Å². The van der Waals surface area contributed by atoms with Crippen LogP contribution < -0.4 is 10.6 Å². The number of aliphatic carboxylic acids is 1. The number of nitrogens with one attached hydrogen (secondary N) is 2. The van der Waals surface area contributed by atoms with Crippen molar-refractivity contribution in [2.45, 2.75) is 39.7 Å². The summed E-state index contributed by atoms with van der Waals surface area (Å²) in [7, 11) is 0. The second-order valence-electron chi connectivity index (χ2n) is 6.33. The van der Waals surface area contributed by atoms with E-state index in [0.29, 0.717) is 12.8 Å². The lowest BCUT2D eigenvalue weighted by molar-refractivity contribution is -0.142. The van der Waals surface area contributed by atoms with Crippen molar-refractivity contribution in [2.75, 3.05) is 6.54 Å². The van der Waals surface area contributed by atoms with Gasteiger partial charge >= 0.3 is 5.97 Å². The molecule has 0 saturated carbocycles. The number of aromatic nitrogens is 2. The van der Waals surface area contributed by atoms with E-state index in [4.69, 9.17) is 5.11 Å². The zero-order chi connectivity index (χ0) is 17.5. The number of hydrogen-bond acceptors (Lipinski definition) is 5. The van der Waals surface area contributed by atoms with Crippen molar-refractivity contribution >= 4 is 17.8 Å². The molecule has 8 nitrogen and oxygen atoms in total. The van der Waals surface area contributed by atoms with E-state index in [1.165, 1.54) is 18.6 Å². The molecule has 3 N–H and O–H groups in total. The average Bonchev–Trinajstić information content (AvgIpc) is 2.48. The Morgan fingerprint density at radius 3 is 2.48 bits per heavy atom. The van der Waals surface area contributed by atoms with Gasteiger partial charge in [-0.15, -0.1) is 0 Å². The Labute approximate surface area is 134 Å². The summed E-state index contributed by atoms with van der Waals surface area (Å²) in [6.07, 6.45) is 5.04. The van der Waals surface area contributed by atoms with E-state index in [9.17, 15) is 14.4 Å². The molecule has 23 heavy (non-hydrogen) atoms. The number of amides is 2. The van der Waals surface area contributed by atoms with E-state index in [2.05, 4.69) is 20.6 Å². The standard InChI is InChI=1S/C15H22N4O4/c1-15(2,3)5-4-10(14(22)23)19-12(20)9-18-13(21)11-8-16-6-7-17-11/h6-8,10H,4-5,9H2,1-3H3,(H,18,21)(H,19,20)(H,22,23). The average molecular weight is 322 g/mol. The van der Waals surface area contributed by atoms with E-state index < -0.39 is 23.8 Å². The highest BCUT2D eigenvalue weighted by atomic mass is 16.4. The minimum absolute atomic E-state index is 0.0291. The van der Waals surface area contributed by atoms with Crippen LogP contribution in [0.4, 0.5) is 0 Å². The van der Waals surface area contributed by atoms with Crippen LogP contribution in [-0.4, -0.2) is 45.4 Å². The molecule has 0 fully saturated rings. The summed E-state index contributed by atoms with van der Waals surface area (Å²) in [6.45, 7) is 5.66. The lowest BCUT2D eigenvalue weighted by Crippen LogP contribution is -2.45. The van der Waals surface area contributed by atoms with Crippen LogP contribution in [0.2, 0.25) is 0 Å². The molecule has 0 radical (unpaired) electrons. The van der Waals surface area contributed by atoms with Gasteiger partial charge in [0, 0.05) is 12.4 Å². The maximum atomic E-state index is 11.8. The maximum Gasteiger partial charge on any atom is 0.326 e. The lowest BCUT2D eigenvalue weighted by atomic mass is 9.88. The Bertz CT molecular complexity index is 554. The second kappa shape index (κ2) is 8.21. The molecule has 0 saturated heterocycles. The zero-order valence-corrected chi connectivity index (χ0v) is 13.5. The molecule has 0 aliphatic rings. The minimum Gasteiger partial charge on any atom is -0.480 e. The van der Waals surface area contributed by atoms with Crippen LogP contribution >= 0.6 is 0 Å². The summed E-state index contributed by atoms with van der Waals surface area (Å²) in [6, 6.07) is -0.977. The van der Waals surface area contributed by atoms with Crippen molar-refractivity contribution in [1.82, 2.24) is 20.6 Å². The Hall–Kier alpha value is -2.51. The topological polar surface area (TPSA) is 121 Å². The first-order valence-electron chi connectivity index (χ1n) is 7.25. The van der Waals surface area contributed by atoms with Crippen LogP contribution in [0, 0.1) is 5.41 Å². The minimum atomic E-state index is -1.09. The molecule has 1 unspecified atom stereocenters. The number of carboxylic acid groups (broad SMARTS) is 1. The molecule has 0 aromatic carbocycles. The summed E-state index contributed by atoms with van der Waals surface area (Å²) in [5.41, 5.74) is 0.0568. The Morgan fingerprint density at radius 2 is 1.96 bits per heavy atom. The van der Waals surface area contributed by atoms with Crippen molar-refractivity contribution in [1.29, 1.82) is 0 Å². The molecule has 2 amide bonds. The summed E-state index contributed by atoms with van der Waals surface area (Å²) in [5.74, 6) is -2.21. The molecule has 0 aliphatic heterocycles. The molecule has 0 bridgehead atoms. The highest BCUT2D eigenvalue weighted by Gasteiger charge is 2.23. The van der Waals surface area contributed by atoms with Crippen LogP contribution in [0.15, 0.2) is 18.6 Å². The van der Waals surface area contributed by atoms with Crippen molar-refractivity contribution in [2.24, 2.45) is 5.41 Å². The van der Waals surface area contributed by atoms with Gasteiger partial charge in [-0.05, 0) is 18.3 Å². The fourth-order valence-corrected chi connectivity index (χ4v) is 1.75. The fraction of sp³-hybridized carbons (Fsp3) is 0.533. The van der Waals surface area contributed by atoms with Crippen LogP contribution in [0.3, 0.4) is 0 Å². The Morgan fingerprint density at radius 1 is 1.26 bits per heavy atom. The van der Waals surface area contributed by atoms with Gasteiger partial charge in [-0.1, -0.05) is 20.8 Å². The number of carbonyl (C=O) groups excluding carboxylic acids is 2. The van der Waals surface area contributed by atoms with Gasteiger partial charge in [0.25, 0.3) is 5.91 Å². The second-order valence-corrected chi connectivity index (χ2v) is 6.33. The van der Waals surface area contributed by atoms with Crippen molar-refractivity contribution in [3.8, 4) is 0 Å². The third-order valence-electron chi connectivity index (χ3n) is 3.02. The Balaban J connectivity index is 2.47. The summed E-state index contributed by atoms with van der Waals surface area (Å²) < 4.78 is 0. The van der Waals surface area contributed by atoms with E-state index in [0.717, 1.165) is 0 Å². The molecule has 126 valence electrons. The first-order chi connectivity index (χ1) is 10.7. The largest absolute Gasteiger partial charge is 0.480 e. The highest BCUT2D eigenvalue weighted by Crippen LogP contribution is 2.21. The van der Waals surface area contributed by atoms with Crippen LogP contribution in [-0.2, 0) is 9.59 Å². The molecule has 0 spiro atoms. The quantitative estimate of drug-likeness (QED) is 0.676. The van der Waals surface area contributed by atoms with Crippen LogP contribution in [0.25, 0.3) is 0 Å². The molecule has 1 aromatic heterocycles. The van der Waals surface area contributed by atoms with Crippen molar-refractivity contribution < 1.29 is 19.5 Å². The van der Waals surface area contributed by atoms with Gasteiger partial charge in [-0.2, -0.15) is 0 Å². The first-order valence-corrected chi connectivity index (χ1v) is 7.25. The van der Waals surface area contributed by atoms with E-state index >= 15 is 0 Å². The van der Waals surface area contributed by atoms with Crippen LogP contribution in [0.1, 0.15) is 44.1 Å². The lowest BCUT2D eigenvalue weighted by Gasteiger charge is -2.21. The number of rotatable bonds is 7. The van der Waals surface area contributed by atoms with Crippen molar-refractivity contribution in [3.05, 3.63) is 24.3 Å². The third kappa shape index (κ3) is 7.35. The van der Waals surface area contributed by atoms with E-state index in [1.54, 1.807) is 0 Å². The third-order valence-corrected chi connectivity index (χ3v) is 3.02. The molecule has 8 heteroatoms. The van der Waals surface area contributed by atoms with Gasteiger partial charge in [0.1, 0.15) is 11.7 Å². The summed E-state index contributed by atoms with van der Waals surface area (Å²) >= 11 is 0. The molecular weight excluding hydrogens is 300 g/mol. The number of hydrogen-bond donors (Lipinski definition) is 3.